The number of hydrogen-bond donors (Lipinski definition) is 1. The van der Waals surface area contributed by atoms with Crippen LogP contribution in [0.25, 0.3) is 0 Å². The van der Waals surface area contributed by atoms with E-state index in [2.05, 4.69) is 0 Å². The van der Waals surface area contributed by atoms with Crippen LogP contribution in [0.2, 0.25) is 0 Å². The topological polar surface area (TPSA) is 44.5 Å². The first-order valence-electron chi connectivity index (χ1n) is 6.94. The fourth-order valence-electron chi connectivity index (χ4n) is 3.18. The summed E-state index contributed by atoms with van der Waals surface area (Å²) >= 11 is 0. The number of benzene rings is 1. The van der Waals surface area contributed by atoms with Gasteiger partial charge in [0, 0.05) is 25.2 Å². The Morgan fingerprint density at radius 2 is 2.11 bits per heavy atom. The summed E-state index contributed by atoms with van der Waals surface area (Å²) in [6, 6.07) is 4.76. The number of halogens is 1. The molecule has 1 aromatic carbocycles. The molecule has 0 saturated carbocycles. The quantitative estimate of drug-likeness (QED) is 0.912. The van der Waals surface area contributed by atoms with Crippen LogP contribution in [0.1, 0.15) is 24.8 Å². The van der Waals surface area contributed by atoms with E-state index in [4.69, 9.17) is 15.2 Å². The first-order valence-corrected chi connectivity index (χ1v) is 6.94. The van der Waals surface area contributed by atoms with Crippen molar-refractivity contribution in [2.24, 2.45) is 11.1 Å². The summed E-state index contributed by atoms with van der Waals surface area (Å²) in [5.74, 6) is 0.633. The second-order valence-corrected chi connectivity index (χ2v) is 5.72. The summed E-state index contributed by atoms with van der Waals surface area (Å²) in [7, 11) is 0. The van der Waals surface area contributed by atoms with Gasteiger partial charge in [-0.2, -0.15) is 0 Å². The maximum absolute atomic E-state index is 13.2. The predicted molar refractivity (Wildman–Crippen MR) is 70.7 cm³/mol. The molecule has 3 rings (SSSR count). The Bertz CT molecular complexity index is 457. The van der Waals surface area contributed by atoms with Gasteiger partial charge >= 0.3 is 0 Å². The van der Waals surface area contributed by atoms with Crippen molar-refractivity contribution in [3.05, 3.63) is 29.6 Å². The molecule has 0 aromatic heterocycles. The summed E-state index contributed by atoms with van der Waals surface area (Å²) < 4.78 is 24.5. The molecule has 2 heterocycles. The van der Waals surface area contributed by atoms with Crippen molar-refractivity contribution in [3.63, 3.8) is 0 Å². The molecule has 0 spiro atoms. The average Bonchev–Trinajstić information content (AvgIpc) is 2.81. The van der Waals surface area contributed by atoms with E-state index in [9.17, 15) is 4.39 Å². The van der Waals surface area contributed by atoms with Gasteiger partial charge < -0.3 is 15.2 Å². The van der Waals surface area contributed by atoms with E-state index in [1.807, 2.05) is 0 Å². The molecule has 0 bridgehead atoms. The number of ether oxygens (including phenoxy) is 2. The third-order valence-electron chi connectivity index (χ3n) is 4.41. The Morgan fingerprint density at radius 1 is 1.32 bits per heavy atom. The Balaban J connectivity index is 1.69. The van der Waals surface area contributed by atoms with E-state index < -0.39 is 0 Å². The highest BCUT2D eigenvalue weighted by atomic mass is 19.1. The van der Waals surface area contributed by atoms with Crippen LogP contribution in [-0.2, 0) is 11.2 Å². The summed E-state index contributed by atoms with van der Waals surface area (Å²) in [6.45, 7) is 2.23. The van der Waals surface area contributed by atoms with Crippen LogP contribution in [0.5, 0.6) is 5.75 Å². The first kappa shape index (κ1) is 12.9. The number of fused-ring (bicyclic) bond motifs is 1. The highest BCUT2D eigenvalue weighted by Crippen LogP contribution is 2.39. The van der Waals surface area contributed by atoms with Crippen molar-refractivity contribution in [1.29, 1.82) is 0 Å². The zero-order valence-corrected chi connectivity index (χ0v) is 11.0. The summed E-state index contributed by atoms with van der Waals surface area (Å²) in [4.78, 5) is 0. The van der Waals surface area contributed by atoms with Crippen molar-refractivity contribution >= 4 is 0 Å². The molecule has 2 aliphatic rings. The minimum atomic E-state index is -0.192. The van der Waals surface area contributed by atoms with Crippen molar-refractivity contribution in [1.82, 2.24) is 0 Å². The van der Waals surface area contributed by atoms with Crippen LogP contribution in [-0.4, -0.2) is 25.9 Å². The second-order valence-electron chi connectivity index (χ2n) is 5.72. The van der Waals surface area contributed by atoms with Gasteiger partial charge in [-0.1, -0.05) is 0 Å². The molecule has 19 heavy (non-hydrogen) atoms. The fourth-order valence-corrected chi connectivity index (χ4v) is 3.18. The fraction of sp³-hybridized carbons (Fsp3) is 0.600. The lowest BCUT2D eigenvalue weighted by Crippen LogP contribution is -2.40. The van der Waals surface area contributed by atoms with Gasteiger partial charge in [0.2, 0.25) is 0 Å². The summed E-state index contributed by atoms with van der Waals surface area (Å²) in [5, 5.41) is 0. The molecule has 0 aliphatic carbocycles. The monoisotopic (exact) mass is 265 g/mol. The molecule has 1 aromatic rings. The largest absolute Gasteiger partial charge is 0.490 e. The van der Waals surface area contributed by atoms with E-state index in [-0.39, 0.29) is 17.3 Å². The van der Waals surface area contributed by atoms with Gasteiger partial charge in [-0.05, 0) is 49.4 Å². The molecule has 0 amide bonds. The van der Waals surface area contributed by atoms with E-state index >= 15 is 0 Å². The number of nitrogens with two attached hydrogens (primary N) is 1. The highest BCUT2D eigenvalue weighted by molar-refractivity contribution is 5.37. The third kappa shape index (κ3) is 2.60. The zero-order valence-electron chi connectivity index (χ0n) is 11.0. The summed E-state index contributed by atoms with van der Waals surface area (Å²) in [6.07, 6.45) is 3.83. The van der Waals surface area contributed by atoms with Gasteiger partial charge in [0.1, 0.15) is 17.7 Å². The maximum atomic E-state index is 13.2. The van der Waals surface area contributed by atoms with E-state index in [0.717, 1.165) is 50.2 Å². The van der Waals surface area contributed by atoms with Gasteiger partial charge in [-0.15, -0.1) is 0 Å². The highest BCUT2D eigenvalue weighted by Gasteiger charge is 2.36. The third-order valence-corrected chi connectivity index (χ3v) is 4.41. The van der Waals surface area contributed by atoms with Crippen LogP contribution in [0.4, 0.5) is 4.39 Å². The van der Waals surface area contributed by atoms with Crippen LogP contribution >= 0.6 is 0 Å². The van der Waals surface area contributed by atoms with Gasteiger partial charge in [0.25, 0.3) is 0 Å². The minimum absolute atomic E-state index is 0.124. The van der Waals surface area contributed by atoms with E-state index in [1.165, 1.54) is 6.07 Å². The molecule has 104 valence electrons. The molecular weight excluding hydrogens is 245 g/mol. The molecule has 1 fully saturated rings. The first-order chi connectivity index (χ1) is 9.21. The normalized spacial score (nSPS) is 24.8. The van der Waals surface area contributed by atoms with Gasteiger partial charge in [-0.3, -0.25) is 0 Å². The van der Waals surface area contributed by atoms with Crippen LogP contribution in [0.15, 0.2) is 18.2 Å². The van der Waals surface area contributed by atoms with Crippen molar-refractivity contribution in [3.8, 4) is 5.75 Å². The second kappa shape index (κ2) is 5.10. The molecule has 2 N–H and O–H groups in total. The van der Waals surface area contributed by atoms with E-state index in [1.54, 1.807) is 12.1 Å². The van der Waals surface area contributed by atoms with Gasteiger partial charge in [0.05, 0.1) is 0 Å². The van der Waals surface area contributed by atoms with Crippen molar-refractivity contribution in [2.75, 3.05) is 19.8 Å². The zero-order chi connectivity index (χ0) is 13.3. The molecule has 0 radical (unpaired) electrons. The molecular formula is C15H20FNO2. The van der Waals surface area contributed by atoms with Crippen LogP contribution in [0.3, 0.4) is 0 Å². The Kier molecular flexibility index (Phi) is 3.46. The lowest BCUT2D eigenvalue weighted by atomic mass is 9.75. The summed E-state index contributed by atoms with van der Waals surface area (Å²) in [5.41, 5.74) is 7.08. The van der Waals surface area contributed by atoms with E-state index in [0.29, 0.717) is 6.54 Å². The molecule has 1 saturated heterocycles. The van der Waals surface area contributed by atoms with Gasteiger partial charge in [0.15, 0.2) is 0 Å². The number of rotatable bonds is 3. The standard InChI is InChI=1S/C15H20FNO2/c16-12-1-2-14-11(7-12)8-13(19-14)9-15(10-17)3-5-18-6-4-15/h1-2,7,13H,3-6,8-10,17H2. The lowest BCUT2D eigenvalue weighted by molar-refractivity contribution is -0.00168. The Labute approximate surface area is 112 Å². The molecule has 2 aliphatic heterocycles. The smallest absolute Gasteiger partial charge is 0.123 e. The number of hydrogen-bond acceptors (Lipinski definition) is 3. The molecule has 1 atom stereocenters. The maximum Gasteiger partial charge on any atom is 0.123 e. The van der Waals surface area contributed by atoms with Crippen molar-refractivity contribution < 1.29 is 13.9 Å². The minimum Gasteiger partial charge on any atom is -0.490 e. The van der Waals surface area contributed by atoms with Crippen LogP contribution < -0.4 is 10.5 Å². The molecule has 3 nitrogen and oxygen atoms in total. The Hall–Kier alpha value is -1.13. The molecule has 4 heteroatoms. The average molecular weight is 265 g/mol. The van der Waals surface area contributed by atoms with Crippen molar-refractivity contribution in [2.45, 2.75) is 31.8 Å². The molecule has 1 unspecified atom stereocenters. The van der Waals surface area contributed by atoms with Gasteiger partial charge in [-0.25, -0.2) is 4.39 Å². The predicted octanol–water partition coefficient (Wildman–Crippen LogP) is 2.27. The Morgan fingerprint density at radius 3 is 2.84 bits per heavy atom. The SMILES string of the molecule is NCC1(CC2Cc3cc(F)ccc3O2)CCOCC1. The lowest BCUT2D eigenvalue weighted by Gasteiger charge is -2.37. The van der Waals surface area contributed by atoms with Crippen LogP contribution in [0, 0.1) is 11.2 Å².